The topological polar surface area (TPSA) is 79.4 Å². The number of hydrogen-bond acceptors (Lipinski definition) is 3. The molecular formula is C15H15NO4. The zero-order valence-electron chi connectivity index (χ0n) is 11.3. The van der Waals surface area contributed by atoms with Crippen LogP contribution < -0.4 is 0 Å². The summed E-state index contributed by atoms with van der Waals surface area (Å²) in [4.78, 5) is 25.4. The van der Waals surface area contributed by atoms with Crippen molar-refractivity contribution in [3.63, 3.8) is 0 Å². The van der Waals surface area contributed by atoms with Gasteiger partial charge in [0.25, 0.3) is 0 Å². The highest BCUT2D eigenvalue weighted by molar-refractivity contribution is 6.00. The van der Waals surface area contributed by atoms with Gasteiger partial charge in [0.1, 0.15) is 0 Å². The molecule has 5 heteroatoms. The average Bonchev–Trinajstić information content (AvgIpc) is 2.81. The third-order valence-corrected chi connectivity index (χ3v) is 2.97. The minimum absolute atomic E-state index is 0.220. The zero-order valence-corrected chi connectivity index (χ0v) is 11.3. The Bertz CT molecular complexity index is 697. The largest absolute Gasteiger partial charge is 0.478 e. The number of allylic oxidation sites excluding steroid dienone is 1. The number of nitrogens with one attached hydrogen (secondary N) is 1. The molecule has 2 rings (SSSR count). The fraction of sp³-hybridized carbons (Fsp3) is 0.200. The molecule has 0 unspecified atom stereocenters. The van der Waals surface area contributed by atoms with Gasteiger partial charge < -0.3 is 14.8 Å². The van der Waals surface area contributed by atoms with Crippen molar-refractivity contribution < 1.29 is 19.4 Å². The number of ether oxygens (including phenoxy) is 1. The summed E-state index contributed by atoms with van der Waals surface area (Å²) in [5, 5.41) is 9.82. The van der Waals surface area contributed by atoms with Gasteiger partial charge in [0, 0.05) is 28.7 Å². The molecule has 0 amide bonds. The quantitative estimate of drug-likeness (QED) is 0.663. The van der Waals surface area contributed by atoms with Crippen LogP contribution in [-0.2, 0) is 9.53 Å². The second-order valence-electron chi connectivity index (χ2n) is 4.35. The summed E-state index contributed by atoms with van der Waals surface area (Å²) in [6.45, 7) is 3.89. The number of benzene rings is 1. The SMILES string of the molecule is CCOC(=O)/C=C(\C)c1c[nH]c2cc(C(=O)O)ccc12. The number of aromatic amines is 1. The van der Waals surface area contributed by atoms with Gasteiger partial charge in [0.2, 0.25) is 0 Å². The fourth-order valence-electron chi connectivity index (χ4n) is 2.02. The van der Waals surface area contributed by atoms with Gasteiger partial charge >= 0.3 is 11.9 Å². The van der Waals surface area contributed by atoms with E-state index in [0.717, 1.165) is 22.0 Å². The number of carbonyl (C=O) groups is 2. The lowest BCUT2D eigenvalue weighted by Gasteiger charge is -2.01. The number of H-pyrrole nitrogens is 1. The third-order valence-electron chi connectivity index (χ3n) is 2.97. The van der Waals surface area contributed by atoms with Crippen LogP contribution in [0.1, 0.15) is 29.8 Å². The first kappa shape index (κ1) is 13.9. The Morgan fingerprint density at radius 2 is 2.15 bits per heavy atom. The molecule has 2 N–H and O–H groups in total. The molecule has 1 aromatic carbocycles. The number of carbonyl (C=O) groups excluding carboxylic acids is 1. The van der Waals surface area contributed by atoms with E-state index in [2.05, 4.69) is 4.98 Å². The number of fused-ring (bicyclic) bond motifs is 1. The van der Waals surface area contributed by atoms with Crippen molar-refractivity contribution in [2.45, 2.75) is 13.8 Å². The van der Waals surface area contributed by atoms with Crippen molar-refractivity contribution in [1.82, 2.24) is 4.98 Å². The maximum absolute atomic E-state index is 11.4. The lowest BCUT2D eigenvalue weighted by molar-refractivity contribution is -0.137. The third kappa shape index (κ3) is 2.71. The van der Waals surface area contributed by atoms with Crippen LogP contribution in [0.5, 0.6) is 0 Å². The van der Waals surface area contributed by atoms with Crippen LogP contribution >= 0.6 is 0 Å². The molecule has 5 nitrogen and oxygen atoms in total. The average molecular weight is 273 g/mol. The molecule has 20 heavy (non-hydrogen) atoms. The Hall–Kier alpha value is -2.56. The summed E-state index contributed by atoms with van der Waals surface area (Å²) in [5.74, 6) is -1.36. The van der Waals surface area contributed by atoms with Crippen LogP contribution in [0.25, 0.3) is 16.5 Å². The van der Waals surface area contributed by atoms with E-state index in [9.17, 15) is 9.59 Å². The predicted octanol–water partition coefficient (Wildman–Crippen LogP) is 2.83. The maximum Gasteiger partial charge on any atom is 0.335 e. The van der Waals surface area contributed by atoms with Crippen LogP contribution in [0.4, 0.5) is 0 Å². The normalized spacial score (nSPS) is 11.6. The standard InChI is InChI=1S/C15H15NO4/c1-3-20-14(17)6-9(2)12-8-16-13-7-10(15(18)19)4-5-11(12)13/h4-8,16H,3H2,1-2H3,(H,18,19)/b9-6+. The van der Waals surface area contributed by atoms with E-state index in [1.807, 2.05) is 6.92 Å². The molecule has 1 heterocycles. The summed E-state index contributed by atoms with van der Waals surface area (Å²) >= 11 is 0. The number of aromatic carboxylic acids is 1. The number of carboxylic acid groups (broad SMARTS) is 1. The molecule has 0 aliphatic carbocycles. The van der Waals surface area contributed by atoms with Gasteiger partial charge in [-0.05, 0) is 31.6 Å². The maximum atomic E-state index is 11.4. The van der Waals surface area contributed by atoms with Gasteiger partial charge in [-0.15, -0.1) is 0 Å². The first-order valence-corrected chi connectivity index (χ1v) is 6.22. The number of esters is 1. The molecule has 1 aromatic heterocycles. The highest BCUT2D eigenvalue weighted by Gasteiger charge is 2.10. The van der Waals surface area contributed by atoms with E-state index >= 15 is 0 Å². The molecule has 0 aliphatic rings. The molecule has 0 radical (unpaired) electrons. The lowest BCUT2D eigenvalue weighted by atomic mass is 10.0. The van der Waals surface area contributed by atoms with Gasteiger partial charge in [-0.3, -0.25) is 0 Å². The van der Waals surface area contributed by atoms with Crippen molar-refractivity contribution in [3.8, 4) is 0 Å². The van der Waals surface area contributed by atoms with E-state index in [1.165, 1.54) is 6.08 Å². The number of aromatic nitrogens is 1. The van der Waals surface area contributed by atoms with Crippen LogP contribution in [-0.4, -0.2) is 28.6 Å². The number of hydrogen-bond donors (Lipinski definition) is 2. The first-order valence-electron chi connectivity index (χ1n) is 6.22. The smallest absolute Gasteiger partial charge is 0.335 e. The molecule has 0 spiro atoms. The van der Waals surface area contributed by atoms with Crippen molar-refractivity contribution in [2.24, 2.45) is 0 Å². The van der Waals surface area contributed by atoms with Gasteiger partial charge in [-0.2, -0.15) is 0 Å². The van der Waals surface area contributed by atoms with E-state index < -0.39 is 5.97 Å². The van der Waals surface area contributed by atoms with E-state index in [0.29, 0.717) is 6.61 Å². The highest BCUT2D eigenvalue weighted by atomic mass is 16.5. The van der Waals surface area contributed by atoms with Crippen LogP contribution in [0, 0.1) is 0 Å². The highest BCUT2D eigenvalue weighted by Crippen LogP contribution is 2.25. The fourth-order valence-corrected chi connectivity index (χ4v) is 2.02. The van der Waals surface area contributed by atoms with Gasteiger partial charge in [-0.25, -0.2) is 9.59 Å². The lowest BCUT2D eigenvalue weighted by Crippen LogP contribution is -2.00. The molecule has 0 bridgehead atoms. The number of rotatable bonds is 4. The molecular weight excluding hydrogens is 258 g/mol. The van der Waals surface area contributed by atoms with Crippen molar-refractivity contribution >= 4 is 28.4 Å². The van der Waals surface area contributed by atoms with Crippen molar-refractivity contribution in [2.75, 3.05) is 6.61 Å². The van der Waals surface area contributed by atoms with Crippen molar-refractivity contribution in [1.29, 1.82) is 0 Å². The van der Waals surface area contributed by atoms with E-state index in [1.54, 1.807) is 31.3 Å². The molecule has 0 saturated heterocycles. The molecule has 0 aliphatic heterocycles. The summed E-state index contributed by atoms with van der Waals surface area (Å²) < 4.78 is 4.87. The summed E-state index contributed by atoms with van der Waals surface area (Å²) in [7, 11) is 0. The zero-order chi connectivity index (χ0) is 14.7. The minimum atomic E-state index is -0.971. The monoisotopic (exact) mass is 273 g/mol. The molecule has 0 fully saturated rings. The van der Waals surface area contributed by atoms with Crippen molar-refractivity contribution in [3.05, 3.63) is 41.6 Å². The van der Waals surface area contributed by atoms with Crippen LogP contribution in [0.15, 0.2) is 30.5 Å². The number of carboxylic acids is 1. The Balaban J connectivity index is 2.41. The second-order valence-corrected chi connectivity index (χ2v) is 4.35. The van der Waals surface area contributed by atoms with Gasteiger partial charge in [-0.1, -0.05) is 6.07 Å². The minimum Gasteiger partial charge on any atom is -0.478 e. The Morgan fingerprint density at radius 3 is 2.80 bits per heavy atom. The Morgan fingerprint density at radius 1 is 1.40 bits per heavy atom. The van der Waals surface area contributed by atoms with Gasteiger partial charge in [0.15, 0.2) is 0 Å². The van der Waals surface area contributed by atoms with Crippen LogP contribution in [0.2, 0.25) is 0 Å². The van der Waals surface area contributed by atoms with Gasteiger partial charge in [0.05, 0.1) is 12.2 Å². The molecule has 0 saturated carbocycles. The first-order chi connectivity index (χ1) is 9.52. The molecule has 0 atom stereocenters. The Kier molecular flexibility index (Phi) is 3.89. The Labute approximate surface area is 115 Å². The van der Waals surface area contributed by atoms with Crippen LogP contribution in [0.3, 0.4) is 0 Å². The summed E-state index contributed by atoms with van der Waals surface area (Å²) in [5.41, 5.74) is 2.55. The molecule has 2 aromatic rings. The predicted molar refractivity (Wildman–Crippen MR) is 75.5 cm³/mol. The summed E-state index contributed by atoms with van der Waals surface area (Å²) in [6.07, 6.45) is 3.18. The molecule has 104 valence electrons. The van der Waals surface area contributed by atoms with E-state index in [-0.39, 0.29) is 11.5 Å². The summed E-state index contributed by atoms with van der Waals surface area (Å²) in [6, 6.07) is 4.84. The van der Waals surface area contributed by atoms with E-state index in [4.69, 9.17) is 9.84 Å². The second kappa shape index (κ2) is 5.61.